The van der Waals surface area contributed by atoms with Gasteiger partial charge in [-0.1, -0.05) is 19.8 Å². The van der Waals surface area contributed by atoms with Gasteiger partial charge >= 0.3 is 6.01 Å². The second-order valence-electron chi connectivity index (χ2n) is 7.27. The first-order chi connectivity index (χ1) is 13.7. The SMILES string of the molecule is CCCn1c(Oc2ccc3c(c2)OCO3)nc2nc(C3CCCC3)[nH]c2c1=O. The number of fused-ring (bicyclic) bond motifs is 2. The molecule has 146 valence electrons. The zero-order chi connectivity index (χ0) is 19.1. The molecule has 3 heterocycles. The van der Waals surface area contributed by atoms with Gasteiger partial charge in [0.15, 0.2) is 22.7 Å². The Balaban J connectivity index is 1.56. The maximum absolute atomic E-state index is 13.1. The molecule has 1 fully saturated rings. The van der Waals surface area contributed by atoms with Crippen molar-refractivity contribution in [2.45, 2.75) is 51.5 Å². The van der Waals surface area contributed by atoms with E-state index in [9.17, 15) is 4.79 Å². The molecule has 0 radical (unpaired) electrons. The van der Waals surface area contributed by atoms with E-state index in [0.29, 0.717) is 40.9 Å². The third-order valence-corrected chi connectivity index (χ3v) is 5.34. The van der Waals surface area contributed by atoms with Gasteiger partial charge in [-0.05, 0) is 31.4 Å². The first kappa shape index (κ1) is 17.1. The van der Waals surface area contributed by atoms with Gasteiger partial charge in [-0.3, -0.25) is 9.36 Å². The molecule has 1 aliphatic heterocycles. The molecule has 28 heavy (non-hydrogen) atoms. The monoisotopic (exact) mass is 382 g/mol. The Morgan fingerprint density at radius 3 is 2.86 bits per heavy atom. The van der Waals surface area contributed by atoms with Crippen molar-refractivity contribution in [1.29, 1.82) is 0 Å². The number of rotatable bonds is 5. The fraction of sp³-hybridized carbons (Fsp3) is 0.450. The lowest BCUT2D eigenvalue weighted by Gasteiger charge is -2.11. The van der Waals surface area contributed by atoms with E-state index in [-0.39, 0.29) is 18.4 Å². The lowest BCUT2D eigenvalue weighted by molar-refractivity contribution is 0.174. The van der Waals surface area contributed by atoms with Gasteiger partial charge in [-0.25, -0.2) is 4.98 Å². The molecule has 1 N–H and O–H groups in total. The van der Waals surface area contributed by atoms with Crippen LogP contribution in [0, 0.1) is 0 Å². The van der Waals surface area contributed by atoms with Crippen LogP contribution in [-0.4, -0.2) is 26.3 Å². The van der Waals surface area contributed by atoms with E-state index in [1.54, 1.807) is 22.8 Å². The molecule has 1 saturated carbocycles. The number of aromatic amines is 1. The molecule has 0 amide bonds. The summed E-state index contributed by atoms with van der Waals surface area (Å²) in [5, 5.41) is 0. The predicted molar refractivity (Wildman–Crippen MR) is 102 cm³/mol. The minimum atomic E-state index is -0.153. The van der Waals surface area contributed by atoms with Crippen LogP contribution in [0.2, 0.25) is 0 Å². The van der Waals surface area contributed by atoms with Crippen molar-refractivity contribution >= 4 is 11.2 Å². The lowest BCUT2D eigenvalue weighted by Crippen LogP contribution is -2.23. The predicted octanol–water partition coefficient (Wildman–Crippen LogP) is 3.71. The number of aromatic nitrogens is 4. The van der Waals surface area contributed by atoms with E-state index in [2.05, 4.69) is 15.0 Å². The van der Waals surface area contributed by atoms with Crippen molar-refractivity contribution in [3.8, 4) is 23.3 Å². The molecule has 2 aliphatic rings. The topological polar surface area (TPSA) is 91.3 Å². The summed E-state index contributed by atoms with van der Waals surface area (Å²) in [6.45, 7) is 2.72. The third kappa shape index (κ3) is 2.89. The van der Waals surface area contributed by atoms with Crippen molar-refractivity contribution in [2.24, 2.45) is 0 Å². The number of hydrogen-bond donors (Lipinski definition) is 1. The standard InChI is InChI=1S/C20H22N4O4/c1-2-9-24-19(25)16-18(22-17(21-16)12-5-3-4-6-12)23-20(24)28-13-7-8-14-15(10-13)27-11-26-14/h7-8,10,12H,2-6,9,11H2,1H3,(H,21,22). The highest BCUT2D eigenvalue weighted by molar-refractivity contribution is 5.70. The quantitative estimate of drug-likeness (QED) is 0.723. The first-order valence-electron chi connectivity index (χ1n) is 9.81. The molecule has 8 heteroatoms. The normalized spacial score (nSPS) is 16.2. The van der Waals surface area contributed by atoms with Gasteiger partial charge in [0.2, 0.25) is 6.79 Å². The molecule has 2 aromatic heterocycles. The minimum Gasteiger partial charge on any atom is -0.454 e. The molecule has 0 spiro atoms. The maximum Gasteiger partial charge on any atom is 0.306 e. The Morgan fingerprint density at radius 2 is 2.04 bits per heavy atom. The summed E-state index contributed by atoms with van der Waals surface area (Å²) in [6.07, 6.45) is 5.39. The number of H-pyrrole nitrogens is 1. The summed E-state index contributed by atoms with van der Waals surface area (Å²) in [5.41, 5.74) is 0.711. The van der Waals surface area contributed by atoms with E-state index >= 15 is 0 Å². The van der Waals surface area contributed by atoms with Gasteiger partial charge in [-0.15, -0.1) is 0 Å². The number of hydrogen-bond acceptors (Lipinski definition) is 6. The van der Waals surface area contributed by atoms with Crippen LogP contribution in [0.4, 0.5) is 0 Å². The maximum atomic E-state index is 13.1. The Labute approximate surface area is 161 Å². The van der Waals surface area contributed by atoms with Gasteiger partial charge in [0.25, 0.3) is 5.56 Å². The van der Waals surface area contributed by atoms with Crippen molar-refractivity contribution in [2.75, 3.05) is 6.79 Å². The van der Waals surface area contributed by atoms with Crippen molar-refractivity contribution in [1.82, 2.24) is 19.5 Å². The van der Waals surface area contributed by atoms with Crippen LogP contribution >= 0.6 is 0 Å². The summed E-state index contributed by atoms with van der Waals surface area (Å²) in [4.78, 5) is 25.5. The fourth-order valence-electron chi connectivity index (χ4n) is 3.92. The molecule has 3 aromatic rings. The molecule has 8 nitrogen and oxygen atoms in total. The highest BCUT2D eigenvalue weighted by Crippen LogP contribution is 2.36. The molecule has 5 rings (SSSR count). The Bertz CT molecular complexity index is 1080. The van der Waals surface area contributed by atoms with Crippen molar-refractivity contribution in [3.63, 3.8) is 0 Å². The van der Waals surface area contributed by atoms with Crippen LogP contribution in [0.1, 0.15) is 50.8 Å². The second-order valence-corrected chi connectivity index (χ2v) is 7.27. The summed E-state index contributed by atoms with van der Waals surface area (Å²) in [6, 6.07) is 5.53. The molecule has 0 atom stereocenters. The van der Waals surface area contributed by atoms with Crippen LogP contribution < -0.4 is 19.8 Å². The number of benzene rings is 1. The Morgan fingerprint density at radius 1 is 1.21 bits per heavy atom. The smallest absolute Gasteiger partial charge is 0.306 e. The number of nitrogens with zero attached hydrogens (tertiary/aromatic N) is 3. The highest BCUT2D eigenvalue weighted by atomic mass is 16.7. The third-order valence-electron chi connectivity index (χ3n) is 5.34. The lowest BCUT2D eigenvalue weighted by atomic mass is 10.1. The number of nitrogens with one attached hydrogen (secondary N) is 1. The van der Waals surface area contributed by atoms with E-state index in [1.165, 1.54) is 12.8 Å². The molecule has 1 aromatic carbocycles. The molecular weight excluding hydrogens is 360 g/mol. The molecular formula is C20H22N4O4. The van der Waals surface area contributed by atoms with Crippen molar-refractivity contribution in [3.05, 3.63) is 34.4 Å². The van der Waals surface area contributed by atoms with Gasteiger partial charge in [0.1, 0.15) is 11.6 Å². The summed E-state index contributed by atoms with van der Waals surface area (Å²) < 4.78 is 18.3. The average molecular weight is 382 g/mol. The molecule has 1 aliphatic carbocycles. The van der Waals surface area contributed by atoms with Crippen LogP contribution in [0.25, 0.3) is 11.2 Å². The van der Waals surface area contributed by atoms with Crippen LogP contribution in [0.3, 0.4) is 0 Å². The first-order valence-corrected chi connectivity index (χ1v) is 9.81. The van der Waals surface area contributed by atoms with Crippen LogP contribution in [-0.2, 0) is 6.54 Å². The Hall–Kier alpha value is -3.03. The average Bonchev–Trinajstić information content (AvgIpc) is 3.44. The van der Waals surface area contributed by atoms with E-state index in [0.717, 1.165) is 25.1 Å². The summed E-state index contributed by atoms with van der Waals surface area (Å²) in [7, 11) is 0. The van der Waals surface area contributed by atoms with E-state index < -0.39 is 0 Å². The number of ether oxygens (including phenoxy) is 3. The fourth-order valence-corrected chi connectivity index (χ4v) is 3.92. The minimum absolute atomic E-state index is 0.153. The zero-order valence-corrected chi connectivity index (χ0v) is 15.7. The van der Waals surface area contributed by atoms with E-state index in [4.69, 9.17) is 14.2 Å². The number of imidazole rings is 1. The van der Waals surface area contributed by atoms with Crippen LogP contribution in [0.5, 0.6) is 23.3 Å². The Kier molecular flexibility index (Phi) is 4.18. The molecule has 0 bridgehead atoms. The van der Waals surface area contributed by atoms with E-state index in [1.807, 2.05) is 6.92 Å². The highest BCUT2D eigenvalue weighted by Gasteiger charge is 2.23. The van der Waals surface area contributed by atoms with Gasteiger partial charge < -0.3 is 19.2 Å². The second kappa shape index (κ2) is 6.85. The van der Waals surface area contributed by atoms with Crippen LogP contribution in [0.15, 0.2) is 23.0 Å². The largest absolute Gasteiger partial charge is 0.454 e. The molecule has 0 saturated heterocycles. The molecule has 0 unspecified atom stereocenters. The zero-order valence-electron chi connectivity index (χ0n) is 15.7. The summed E-state index contributed by atoms with van der Waals surface area (Å²) in [5.74, 6) is 3.07. The van der Waals surface area contributed by atoms with Gasteiger partial charge in [0, 0.05) is 18.5 Å². The van der Waals surface area contributed by atoms with Gasteiger partial charge in [-0.2, -0.15) is 4.98 Å². The van der Waals surface area contributed by atoms with Gasteiger partial charge in [0.05, 0.1) is 0 Å². The summed E-state index contributed by atoms with van der Waals surface area (Å²) >= 11 is 0. The van der Waals surface area contributed by atoms with Crippen molar-refractivity contribution < 1.29 is 14.2 Å².